The molecule has 6 aromatic carbocycles. The van der Waals surface area contributed by atoms with Crippen LogP contribution in [-0.2, 0) is 44.1 Å². The van der Waals surface area contributed by atoms with Crippen LogP contribution in [0.25, 0.3) is 27.1 Å². The van der Waals surface area contributed by atoms with E-state index in [1.807, 2.05) is 105 Å². The normalized spacial score (nSPS) is 11.8. The lowest BCUT2D eigenvalue weighted by Gasteiger charge is -2.27. The Hall–Kier alpha value is -7.28. The highest BCUT2D eigenvalue weighted by Crippen LogP contribution is 2.43. The first kappa shape index (κ1) is 55.0. The SMILES string of the molecule is CC(C)(c1ccc(OCc2ccnc(NS(C)(=O)=O)n2)cc1)c1cc(Cl)c(-c2cccc(Cl)c2)c(C#[N+]c2cc(-c3c(Cl)cc(C(C)(C)c4ccc(OCc5ccnc(NS(C)(=O)=O)n5)cc4)cc3C#N)ccc2Cl)c1. The van der Waals surface area contributed by atoms with Crippen molar-refractivity contribution in [1.82, 2.24) is 19.9 Å². The van der Waals surface area contributed by atoms with Crippen LogP contribution in [0.1, 0.15) is 72.5 Å². The average Bonchev–Trinajstić information content (AvgIpc) is 3.37. The summed E-state index contributed by atoms with van der Waals surface area (Å²) in [6.07, 6.45) is 4.95. The van der Waals surface area contributed by atoms with Gasteiger partial charge in [0.1, 0.15) is 35.3 Å². The molecular formula is C56H47Cl4N8O6S2+. The maximum Gasteiger partial charge on any atom is 0.359 e. The second-order valence-electron chi connectivity index (χ2n) is 18.6. The summed E-state index contributed by atoms with van der Waals surface area (Å²) >= 11 is 27.7. The molecule has 76 heavy (non-hydrogen) atoms. The van der Waals surface area contributed by atoms with Gasteiger partial charge in [-0.25, -0.2) is 36.8 Å². The minimum atomic E-state index is -3.55. The van der Waals surface area contributed by atoms with E-state index >= 15 is 0 Å². The number of nitriles is 1. The molecule has 2 N–H and O–H groups in total. The lowest BCUT2D eigenvalue weighted by atomic mass is 9.77. The van der Waals surface area contributed by atoms with Gasteiger partial charge in [0.15, 0.2) is 0 Å². The number of nitrogens with zero attached hydrogens (tertiary/aromatic N) is 6. The maximum atomic E-state index is 11.7. The number of rotatable bonds is 16. The van der Waals surface area contributed by atoms with Gasteiger partial charge < -0.3 is 9.47 Å². The van der Waals surface area contributed by atoms with E-state index in [4.69, 9.17) is 60.7 Å². The van der Waals surface area contributed by atoms with E-state index in [1.54, 1.807) is 36.4 Å². The molecule has 0 saturated heterocycles. The minimum absolute atomic E-state index is 0.0438. The zero-order valence-corrected chi connectivity index (χ0v) is 46.3. The quantitative estimate of drug-likeness (QED) is 0.0936. The number of aromatic nitrogens is 4. The van der Waals surface area contributed by atoms with Crippen LogP contribution >= 0.6 is 46.4 Å². The van der Waals surface area contributed by atoms with Crippen LogP contribution in [0.2, 0.25) is 20.1 Å². The fourth-order valence-corrected chi connectivity index (χ4v) is 10.0. The summed E-state index contributed by atoms with van der Waals surface area (Å²) in [5.74, 6) is 1.05. The number of hydrogen-bond donors (Lipinski definition) is 2. The Morgan fingerprint density at radius 1 is 0.566 bits per heavy atom. The minimum Gasteiger partial charge on any atom is -0.487 e. The predicted molar refractivity (Wildman–Crippen MR) is 301 cm³/mol. The second kappa shape index (κ2) is 22.5. The Labute approximate surface area is 461 Å². The van der Waals surface area contributed by atoms with Crippen LogP contribution in [0.4, 0.5) is 17.6 Å². The molecule has 14 nitrogen and oxygen atoms in total. The third kappa shape index (κ3) is 13.4. The van der Waals surface area contributed by atoms with E-state index in [-0.39, 0.29) is 25.1 Å². The molecule has 2 aromatic heterocycles. The molecule has 0 amide bonds. The van der Waals surface area contributed by atoms with Gasteiger partial charge in [-0.1, -0.05) is 117 Å². The van der Waals surface area contributed by atoms with Crippen molar-refractivity contribution in [2.75, 3.05) is 22.0 Å². The zero-order chi connectivity index (χ0) is 54.6. The van der Waals surface area contributed by atoms with Crippen molar-refractivity contribution < 1.29 is 26.3 Å². The molecule has 0 bridgehead atoms. The van der Waals surface area contributed by atoms with Gasteiger partial charge in [0.25, 0.3) is 0 Å². The van der Waals surface area contributed by atoms with Crippen LogP contribution in [0.15, 0.2) is 140 Å². The molecular weight excluding hydrogens is 1090 g/mol. The molecule has 0 saturated carbocycles. The second-order valence-corrected chi connectivity index (χ2v) is 23.8. The van der Waals surface area contributed by atoms with Gasteiger partial charge in [-0.05, 0) is 117 Å². The van der Waals surface area contributed by atoms with Crippen LogP contribution in [0.5, 0.6) is 11.5 Å². The molecule has 0 aliphatic rings. The number of anilines is 2. The summed E-state index contributed by atoms with van der Waals surface area (Å²) in [6.45, 7) is 8.38. The predicted octanol–water partition coefficient (Wildman–Crippen LogP) is 13.7. The summed E-state index contributed by atoms with van der Waals surface area (Å²) in [6, 6.07) is 44.2. The van der Waals surface area contributed by atoms with Gasteiger partial charge in [-0.15, -0.1) is 0 Å². The highest BCUT2D eigenvalue weighted by atomic mass is 35.5. The Kier molecular flexibility index (Phi) is 16.3. The smallest absolute Gasteiger partial charge is 0.359 e. The molecule has 0 unspecified atom stereocenters. The monoisotopic (exact) mass is 1130 g/mol. The molecule has 0 spiro atoms. The molecule has 0 radical (unpaired) electrons. The van der Waals surface area contributed by atoms with Crippen molar-refractivity contribution >= 4 is 84.0 Å². The largest absolute Gasteiger partial charge is 0.487 e. The molecule has 0 fully saturated rings. The van der Waals surface area contributed by atoms with E-state index in [0.717, 1.165) is 40.3 Å². The van der Waals surface area contributed by atoms with Crippen molar-refractivity contribution in [3.05, 3.63) is 209 Å². The topological polar surface area (TPSA) is 191 Å². The highest BCUT2D eigenvalue weighted by Gasteiger charge is 2.29. The molecule has 20 heteroatoms. The van der Waals surface area contributed by atoms with Crippen molar-refractivity contribution in [1.29, 1.82) is 5.26 Å². The first-order valence-electron chi connectivity index (χ1n) is 23.1. The van der Waals surface area contributed by atoms with E-state index in [9.17, 15) is 22.1 Å². The van der Waals surface area contributed by atoms with Crippen molar-refractivity contribution in [2.45, 2.75) is 51.7 Å². The lowest BCUT2D eigenvalue weighted by Crippen LogP contribution is -2.19. The number of nitrogens with one attached hydrogen (secondary N) is 2. The van der Waals surface area contributed by atoms with Crippen LogP contribution < -0.4 is 18.9 Å². The lowest BCUT2D eigenvalue weighted by molar-refractivity contribution is 0.301. The Morgan fingerprint density at radius 2 is 1.04 bits per heavy atom. The van der Waals surface area contributed by atoms with E-state index in [2.05, 4.69) is 55.4 Å². The van der Waals surface area contributed by atoms with Gasteiger partial charge in [-0.2, -0.15) is 5.26 Å². The number of ether oxygens (including phenoxy) is 2. The van der Waals surface area contributed by atoms with Gasteiger partial charge in [-0.3, -0.25) is 9.44 Å². The van der Waals surface area contributed by atoms with E-state index in [0.29, 0.717) is 76.5 Å². The summed E-state index contributed by atoms with van der Waals surface area (Å²) in [4.78, 5) is 21.2. The average molecular weight is 1130 g/mol. The molecule has 0 aliphatic heterocycles. The number of benzene rings is 6. The summed E-state index contributed by atoms with van der Waals surface area (Å²) in [5, 5.41) is 12.2. The fraction of sp³-hybridized carbons (Fsp3) is 0.179. The van der Waals surface area contributed by atoms with Crippen LogP contribution in [-0.4, -0.2) is 49.3 Å². The van der Waals surface area contributed by atoms with Crippen LogP contribution in [0.3, 0.4) is 0 Å². The maximum absolute atomic E-state index is 11.7. The third-order valence-electron chi connectivity index (χ3n) is 12.3. The van der Waals surface area contributed by atoms with Crippen molar-refractivity contribution in [3.63, 3.8) is 0 Å². The van der Waals surface area contributed by atoms with Crippen molar-refractivity contribution in [3.8, 4) is 45.9 Å². The van der Waals surface area contributed by atoms with Crippen LogP contribution in [0, 0.1) is 17.4 Å². The van der Waals surface area contributed by atoms with Gasteiger partial charge >= 0.3 is 11.8 Å². The Balaban J connectivity index is 1.05. The number of hydrogen-bond acceptors (Lipinski definition) is 11. The Bertz CT molecular complexity index is 3860. The number of halogens is 4. The Morgan fingerprint density at radius 3 is 1.51 bits per heavy atom. The number of sulfonamides is 2. The van der Waals surface area contributed by atoms with E-state index in [1.165, 1.54) is 12.4 Å². The standard InChI is InChI=1S/C56H47Cl4N8O6S2/c1-55(2,38-11-15-45(16-12-38)73-32-43-20-22-62-53(65-43)67-75(5,69)70)40-24-36(30-61)51(48(59)28-40)35-10-19-47(58)50(27-35)64-31-37-25-41(29-49(60)52(37)34-8-7-9-42(57)26-34)56(3,4)39-13-17-46(18-14-39)74-33-44-21-23-63-54(66-44)68-76(6,71)72/h7-29H,32-33H2,1-6H3,(H,62,65,67)(H,63,66,68)/q+1. The van der Waals surface area contributed by atoms with Crippen molar-refractivity contribution in [2.24, 2.45) is 0 Å². The molecule has 8 aromatic rings. The first-order chi connectivity index (χ1) is 35.9. The molecule has 386 valence electrons. The van der Waals surface area contributed by atoms with E-state index < -0.39 is 30.9 Å². The first-order valence-corrected chi connectivity index (χ1v) is 28.4. The summed E-state index contributed by atoms with van der Waals surface area (Å²) in [5.41, 5.74) is 7.12. The molecule has 2 heterocycles. The van der Waals surface area contributed by atoms with Gasteiger partial charge in [0.05, 0.1) is 45.6 Å². The zero-order valence-electron chi connectivity index (χ0n) is 41.7. The van der Waals surface area contributed by atoms with Gasteiger partial charge in [0.2, 0.25) is 31.9 Å². The van der Waals surface area contributed by atoms with Gasteiger partial charge in [0, 0.05) is 45.4 Å². The molecule has 8 rings (SSSR count). The molecule has 0 atom stereocenters. The highest BCUT2D eigenvalue weighted by molar-refractivity contribution is 7.92. The summed E-state index contributed by atoms with van der Waals surface area (Å²) < 4.78 is 63.1. The molecule has 0 aliphatic carbocycles. The third-order valence-corrected chi connectivity index (χ3v) is 14.6. The fourth-order valence-electron chi connectivity index (χ4n) is 8.18. The summed E-state index contributed by atoms with van der Waals surface area (Å²) in [7, 11) is -7.09.